The predicted octanol–water partition coefficient (Wildman–Crippen LogP) is 2.90. The van der Waals surface area contributed by atoms with Crippen molar-refractivity contribution in [1.29, 1.82) is 0 Å². The van der Waals surface area contributed by atoms with Crippen molar-refractivity contribution in [3.05, 3.63) is 60.2 Å². The number of hydrogen-bond acceptors (Lipinski definition) is 3. The molecule has 1 unspecified atom stereocenters. The van der Waals surface area contributed by atoms with Crippen LogP contribution in [-0.4, -0.2) is 18.9 Å². The molecule has 5 nitrogen and oxygen atoms in total. The number of rotatable bonds is 6. The summed E-state index contributed by atoms with van der Waals surface area (Å²) >= 11 is 0. The third-order valence-electron chi connectivity index (χ3n) is 3.37. The van der Waals surface area contributed by atoms with Gasteiger partial charge in [-0.3, -0.25) is 9.59 Å². The lowest BCUT2D eigenvalue weighted by atomic mass is 10.1. The fraction of sp³-hybridized carbons (Fsp3) is 0.222. The first kappa shape index (κ1) is 16.5. The van der Waals surface area contributed by atoms with E-state index in [4.69, 9.17) is 4.74 Å². The van der Waals surface area contributed by atoms with Gasteiger partial charge in [-0.15, -0.1) is 0 Å². The Morgan fingerprint density at radius 1 is 1.00 bits per heavy atom. The zero-order valence-electron chi connectivity index (χ0n) is 13.2. The summed E-state index contributed by atoms with van der Waals surface area (Å²) in [5, 5.41) is 5.49. The monoisotopic (exact) mass is 312 g/mol. The van der Waals surface area contributed by atoms with Crippen LogP contribution >= 0.6 is 0 Å². The van der Waals surface area contributed by atoms with Crippen LogP contribution in [-0.2, 0) is 9.59 Å². The van der Waals surface area contributed by atoms with Crippen LogP contribution in [0.4, 0.5) is 5.69 Å². The second kappa shape index (κ2) is 7.98. The van der Waals surface area contributed by atoms with Gasteiger partial charge in [0.05, 0.1) is 13.2 Å². The van der Waals surface area contributed by atoms with Crippen molar-refractivity contribution in [3.63, 3.8) is 0 Å². The molecule has 0 aliphatic heterocycles. The van der Waals surface area contributed by atoms with E-state index < -0.39 is 0 Å². The Kier molecular flexibility index (Phi) is 5.74. The normalized spacial score (nSPS) is 11.4. The Bertz CT molecular complexity index is 654. The maximum Gasteiger partial charge on any atom is 0.233 e. The van der Waals surface area contributed by atoms with Crippen LogP contribution in [0.15, 0.2) is 54.6 Å². The van der Waals surface area contributed by atoms with Crippen LogP contribution in [0.3, 0.4) is 0 Å². The molecule has 2 aromatic rings. The molecule has 0 saturated carbocycles. The summed E-state index contributed by atoms with van der Waals surface area (Å²) in [7, 11) is 1.58. The summed E-state index contributed by atoms with van der Waals surface area (Å²) in [5.41, 5.74) is 1.62. The first-order chi connectivity index (χ1) is 11.1. The van der Waals surface area contributed by atoms with Gasteiger partial charge in [0.15, 0.2) is 0 Å². The number of amides is 2. The largest absolute Gasteiger partial charge is 0.497 e. The molecule has 0 aliphatic carbocycles. The lowest BCUT2D eigenvalue weighted by Gasteiger charge is -2.14. The zero-order valence-corrected chi connectivity index (χ0v) is 13.2. The molecule has 23 heavy (non-hydrogen) atoms. The van der Waals surface area contributed by atoms with Crippen molar-refractivity contribution in [2.75, 3.05) is 12.4 Å². The van der Waals surface area contributed by atoms with Crippen molar-refractivity contribution in [2.24, 2.45) is 0 Å². The number of carbonyl (C=O) groups is 2. The molecule has 0 radical (unpaired) electrons. The third kappa shape index (κ3) is 5.14. The minimum atomic E-state index is -0.354. The number of carbonyl (C=O) groups excluding carboxylic acids is 2. The molecule has 0 bridgehead atoms. The molecule has 2 rings (SSSR count). The Hall–Kier alpha value is -2.82. The summed E-state index contributed by atoms with van der Waals surface area (Å²) in [4.78, 5) is 23.8. The lowest BCUT2D eigenvalue weighted by molar-refractivity contribution is -0.127. The highest BCUT2D eigenvalue weighted by atomic mass is 16.5. The standard InChI is InChI=1S/C18H20N2O3/c1-13(14-6-4-3-5-7-14)19-17(21)12-18(22)20-15-8-10-16(23-2)11-9-15/h3-11,13H,12H2,1-2H3,(H,19,21)(H,20,22). The number of benzene rings is 2. The topological polar surface area (TPSA) is 67.4 Å². The van der Waals surface area contributed by atoms with Gasteiger partial charge in [-0.25, -0.2) is 0 Å². The molecule has 2 amide bonds. The molecule has 120 valence electrons. The minimum absolute atomic E-state index is 0.141. The molecule has 0 fully saturated rings. The van der Waals surface area contributed by atoms with E-state index in [2.05, 4.69) is 10.6 Å². The van der Waals surface area contributed by atoms with E-state index in [0.29, 0.717) is 11.4 Å². The second-order valence-electron chi connectivity index (χ2n) is 5.15. The van der Waals surface area contributed by atoms with Gasteiger partial charge in [-0.2, -0.15) is 0 Å². The molecular weight excluding hydrogens is 292 g/mol. The molecule has 0 aliphatic rings. The quantitative estimate of drug-likeness (QED) is 0.806. The van der Waals surface area contributed by atoms with Crippen LogP contribution in [0.2, 0.25) is 0 Å². The Balaban J connectivity index is 1.83. The number of hydrogen-bond donors (Lipinski definition) is 2. The van der Waals surface area contributed by atoms with E-state index in [9.17, 15) is 9.59 Å². The maximum absolute atomic E-state index is 11.9. The van der Waals surface area contributed by atoms with Crippen molar-refractivity contribution in [1.82, 2.24) is 5.32 Å². The predicted molar refractivity (Wildman–Crippen MR) is 89.2 cm³/mol. The highest BCUT2D eigenvalue weighted by molar-refractivity contribution is 6.03. The summed E-state index contributed by atoms with van der Waals surface area (Å²) in [6, 6.07) is 16.4. The summed E-state index contributed by atoms with van der Waals surface area (Å²) in [6.45, 7) is 1.88. The lowest BCUT2D eigenvalue weighted by Crippen LogP contribution is -2.30. The fourth-order valence-corrected chi connectivity index (χ4v) is 2.14. The fourth-order valence-electron chi connectivity index (χ4n) is 2.14. The Labute approximate surface area is 135 Å². The van der Waals surface area contributed by atoms with Crippen molar-refractivity contribution in [3.8, 4) is 5.75 Å². The van der Waals surface area contributed by atoms with E-state index in [1.54, 1.807) is 31.4 Å². The van der Waals surface area contributed by atoms with Gasteiger partial charge in [-0.05, 0) is 36.8 Å². The Morgan fingerprint density at radius 3 is 2.26 bits per heavy atom. The van der Waals surface area contributed by atoms with E-state index in [-0.39, 0.29) is 24.3 Å². The van der Waals surface area contributed by atoms with Gasteiger partial charge in [-0.1, -0.05) is 30.3 Å². The van der Waals surface area contributed by atoms with Crippen molar-refractivity contribution in [2.45, 2.75) is 19.4 Å². The van der Waals surface area contributed by atoms with E-state index in [0.717, 1.165) is 5.56 Å². The summed E-state index contributed by atoms with van der Waals surface area (Å²) in [5.74, 6) is 0.0396. The van der Waals surface area contributed by atoms with Crippen LogP contribution in [0.25, 0.3) is 0 Å². The Morgan fingerprint density at radius 2 is 1.65 bits per heavy atom. The average molecular weight is 312 g/mol. The maximum atomic E-state index is 11.9. The van der Waals surface area contributed by atoms with Crippen LogP contribution < -0.4 is 15.4 Å². The number of anilines is 1. The molecule has 0 saturated heterocycles. The van der Waals surface area contributed by atoms with Crippen LogP contribution in [0.1, 0.15) is 24.9 Å². The van der Waals surface area contributed by atoms with Gasteiger partial charge < -0.3 is 15.4 Å². The van der Waals surface area contributed by atoms with E-state index in [1.807, 2.05) is 37.3 Å². The molecule has 0 aromatic heterocycles. The molecule has 0 heterocycles. The SMILES string of the molecule is COc1ccc(NC(=O)CC(=O)NC(C)c2ccccc2)cc1. The van der Waals surface area contributed by atoms with E-state index >= 15 is 0 Å². The molecule has 5 heteroatoms. The van der Waals surface area contributed by atoms with Crippen molar-refractivity contribution >= 4 is 17.5 Å². The first-order valence-corrected chi connectivity index (χ1v) is 7.36. The van der Waals surface area contributed by atoms with Crippen molar-refractivity contribution < 1.29 is 14.3 Å². The average Bonchev–Trinajstić information content (AvgIpc) is 2.56. The number of nitrogens with one attached hydrogen (secondary N) is 2. The molecular formula is C18H20N2O3. The molecule has 0 spiro atoms. The number of methoxy groups -OCH3 is 1. The minimum Gasteiger partial charge on any atom is -0.497 e. The van der Waals surface area contributed by atoms with Gasteiger partial charge in [0.1, 0.15) is 12.2 Å². The van der Waals surface area contributed by atoms with Gasteiger partial charge in [0, 0.05) is 5.69 Å². The van der Waals surface area contributed by atoms with Gasteiger partial charge >= 0.3 is 0 Å². The first-order valence-electron chi connectivity index (χ1n) is 7.36. The van der Waals surface area contributed by atoms with Crippen LogP contribution in [0.5, 0.6) is 5.75 Å². The van der Waals surface area contributed by atoms with Gasteiger partial charge in [0.2, 0.25) is 11.8 Å². The zero-order chi connectivity index (χ0) is 16.7. The summed E-state index contributed by atoms with van der Waals surface area (Å²) in [6.07, 6.45) is -0.219. The smallest absolute Gasteiger partial charge is 0.233 e. The molecule has 2 N–H and O–H groups in total. The van der Waals surface area contributed by atoms with Crippen LogP contribution in [0, 0.1) is 0 Å². The molecule has 1 atom stereocenters. The molecule has 2 aromatic carbocycles. The third-order valence-corrected chi connectivity index (χ3v) is 3.37. The van der Waals surface area contributed by atoms with Gasteiger partial charge in [0.25, 0.3) is 0 Å². The second-order valence-corrected chi connectivity index (χ2v) is 5.15. The summed E-state index contributed by atoms with van der Waals surface area (Å²) < 4.78 is 5.05. The highest BCUT2D eigenvalue weighted by Gasteiger charge is 2.13. The number of ether oxygens (including phenoxy) is 1. The highest BCUT2D eigenvalue weighted by Crippen LogP contribution is 2.15. The van der Waals surface area contributed by atoms with E-state index in [1.165, 1.54) is 0 Å².